The minimum absolute atomic E-state index is 0.260. The summed E-state index contributed by atoms with van der Waals surface area (Å²) in [7, 11) is 0. The van der Waals surface area contributed by atoms with Crippen LogP contribution in [-0.2, 0) is 0 Å². The third-order valence-corrected chi connectivity index (χ3v) is 3.16. The number of aromatic hydroxyl groups is 1. The second-order valence-corrected chi connectivity index (χ2v) is 4.46. The summed E-state index contributed by atoms with van der Waals surface area (Å²) in [5.74, 6) is 0.260. The maximum Gasteiger partial charge on any atom is 0.118 e. The van der Waals surface area contributed by atoms with E-state index in [1.165, 1.54) is 11.3 Å². The fourth-order valence-corrected chi connectivity index (χ4v) is 2.69. The van der Waals surface area contributed by atoms with E-state index >= 15 is 0 Å². The van der Waals surface area contributed by atoms with Crippen LogP contribution in [0.2, 0.25) is 0 Å². The van der Waals surface area contributed by atoms with Crippen LogP contribution in [0.1, 0.15) is 0 Å². The summed E-state index contributed by atoms with van der Waals surface area (Å²) >= 11 is 4.82. The van der Waals surface area contributed by atoms with Gasteiger partial charge >= 0.3 is 0 Å². The van der Waals surface area contributed by atoms with Gasteiger partial charge in [0.1, 0.15) is 5.75 Å². The van der Waals surface area contributed by atoms with E-state index < -0.39 is 0 Å². The number of halogens is 1. The van der Waals surface area contributed by atoms with Gasteiger partial charge in [-0.25, -0.2) is 0 Å². The number of phenols is 1. The highest BCUT2D eigenvalue weighted by atomic mass is 79.9. The van der Waals surface area contributed by atoms with Crippen molar-refractivity contribution >= 4 is 42.4 Å². The number of benzene rings is 1. The molecule has 0 spiro atoms. The number of rotatable bonds is 0. The lowest BCUT2D eigenvalue weighted by atomic mass is 10.2. The largest absolute Gasteiger partial charge is 0.508 e. The van der Waals surface area contributed by atoms with Crippen LogP contribution in [0.15, 0.2) is 22.7 Å². The highest BCUT2D eigenvalue weighted by Gasteiger charge is 2.04. The molecule has 62 valence electrons. The van der Waals surface area contributed by atoms with E-state index in [1.54, 1.807) is 12.1 Å². The van der Waals surface area contributed by atoms with Gasteiger partial charge in [-0.3, -0.25) is 0 Å². The minimum Gasteiger partial charge on any atom is -0.508 e. The van der Waals surface area contributed by atoms with Gasteiger partial charge in [0.2, 0.25) is 0 Å². The number of thiophene rings is 1. The van der Waals surface area contributed by atoms with Crippen molar-refractivity contribution in [2.75, 3.05) is 5.73 Å². The molecule has 2 aromatic rings. The van der Waals surface area contributed by atoms with E-state index in [-0.39, 0.29) is 5.75 Å². The summed E-state index contributed by atoms with van der Waals surface area (Å²) in [5, 5.41) is 11.1. The Morgan fingerprint density at radius 2 is 2.08 bits per heavy atom. The summed E-state index contributed by atoms with van der Waals surface area (Å²) in [6.45, 7) is 0. The van der Waals surface area contributed by atoms with E-state index in [0.29, 0.717) is 0 Å². The van der Waals surface area contributed by atoms with Crippen LogP contribution in [-0.4, -0.2) is 5.11 Å². The normalized spacial score (nSPS) is 10.8. The highest BCUT2D eigenvalue weighted by molar-refractivity contribution is 9.10. The van der Waals surface area contributed by atoms with Crippen molar-refractivity contribution in [3.63, 3.8) is 0 Å². The maximum atomic E-state index is 9.26. The molecule has 0 fully saturated rings. The van der Waals surface area contributed by atoms with Crippen molar-refractivity contribution in [2.45, 2.75) is 0 Å². The molecule has 0 bridgehead atoms. The zero-order chi connectivity index (χ0) is 8.72. The van der Waals surface area contributed by atoms with Crippen LogP contribution < -0.4 is 5.73 Å². The Morgan fingerprint density at radius 3 is 2.83 bits per heavy atom. The molecule has 0 amide bonds. The quantitative estimate of drug-likeness (QED) is 0.748. The van der Waals surface area contributed by atoms with E-state index in [9.17, 15) is 5.11 Å². The molecular weight excluding hydrogens is 238 g/mol. The molecule has 4 heteroatoms. The number of hydrogen-bond donors (Lipinski definition) is 2. The van der Waals surface area contributed by atoms with Gasteiger partial charge in [0.05, 0.1) is 5.00 Å². The van der Waals surface area contributed by atoms with Crippen LogP contribution in [0, 0.1) is 0 Å². The zero-order valence-corrected chi connectivity index (χ0v) is 8.45. The van der Waals surface area contributed by atoms with Gasteiger partial charge in [-0.15, -0.1) is 11.3 Å². The van der Waals surface area contributed by atoms with E-state index in [1.807, 2.05) is 6.07 Å². The highest BCUT2D eigenvalue weighted by Crippen LogP contribution is 2.35. The summed E-state index contributed by atoms with van der Waals surface area (Å²) < 4.78 is 1.88. The SMILES string of the molecule is Nc1cc2c(Br)cc(O)cc2s1. The third kappa shape index (κ3) is 1.17. The van der Waals surface area contributed by atoms with Gasteiger partial charge in [-0.05, 0) is 34.1 Å². The number of hydrogen-bond acceptors (Lipinski definition) is 3. The van der Waals surface area contributed by atoms with Crippen molar-refractivity contribution < 1.29 is 5.11 Å². The molecule has 12 heavy (non-hydrogen) atoms. The Labute approximate surface area is 81.8 Å². The predicted molar refractivity (Wildman–Crippen MR) is 55.6 cm³/mol. The lowest BCUT2D eigenvalue weighted by Gasteiger charge is -1.94. The second kappa shape index (κ2) is 2.64. The standard InChI is InChI=1S/C8H6BrNOS/c9-6-1-4(11)2-7-5(6)3-8(10)12-7/h1-3,11H,10H2. The Balaban J connectivity index is 2.88. The Bertz CT molecular complexity index is 438. The number of fused-ring (bicyclic) bond motifs is 1. The lowest BCUT2D eigenvalue weighted by Crippen LogP contribution is -1.73. The number of nitrogens with two attached hydrogens (primary N) is 1. The third-order valence-electron chi connectivity index (χ3n) is 1.59. The van der Waals surface area contributed by atoms with E-state index in [2.05, 4.69) is 15.9 Å². The lowest BCUT2D eigenvalue weighted by molar-refractivity contribution is 0.476. The van der Waals surface area contributed by atoms with Gasteiger partial charge in [-0.2, -0.15) is 0 Å². The van der Waals surface area contributed by atoms with Gasteiger partial charge in [0.25, 0.3) is 0 Å². The minimum atomic E-state index is 0.260. The van der Waals surface area contributed by atoms with Crippen molar-refractivity contribution in [1.82, 2.24) is 0 Å². The smallest absolute Gasteiger partial charge is 0.118 e. The first-order valence-electron chi connectivity index (χ1n) is 3.34. The van der Waals surface area contributed by atoms with E-state index in [4.69, 9.17) is 5.73 Å². The van der Waals surface area contributed by atoms with E-state index in [0.717, 1.165) is 19.6 Å². The molecule has 0 saturated heterocycles. The van der Waals surface area contributed by atoms with Crippen LogP contribution in [0.3, 0.4) is 0 Å². The van der Waals surface area contributed by atoms with Gasteiger partial charge in [-0.1, -0.05) is 0 Å². The molecule has 3 N–H and O–H groups in total. The van der Waals surface area contributed by atoms with Crippen molar-refractivity contribution in [3.8, 4) is 5.75 Å². The van der Waals surface area contributed by atoms with Gasteiger partial charge in [0.15, 0.2) is 0 Å². The average Bonchev–Trinajstić information content (AvgIpc) is 2.29. The molecule has 0 aliphatic rings. The number of anilines is 1. The molecule has 2 rings (SSSR count). The van der Waals surface area contributed by atoms with Gasteiger partial charge in [0, 0.05) is 14.6 Å². The molecule has 0 radical (unpaired) electrons. The first-order chi connectivity index (χ1) is 5.66. The Hall–Kier alpha value is -0.740. The topological polar surface area (TPSA) is 46.2 Å². The van der Waals surface area contributed by atoms with Crippen molar-refractivity contribution in [2.24, 2.45) is 0 Å². The summed E-state index contributed by atoms with van der Waals surface area (Å²) in [6, 6.07) is 5.26. The first kappa shape index (κ1) is 7.89. The van der Waals surface area contributed by atoms with Crippen molar-refractivity contribution in [3.05, 3.63) is 22.7 Å². The van der Waals surface area contributed by atoms with Crippen LogP contribution in [0.5, 0.6) is 5.75 Å². The molecule has 1 aromatic carbocycles. The molecular formula is C8H6BrNOS. The summed E-state index contributed by atoms with van der Waals surface area (Å²) in [6.07, 6.45) is 0. The summed E-state index contributed by atoms with van der Waals surface area (Å²) in [5.41, 5.74) is 5.63. The molecule has 0 unspecified atom stereocenters. The van der Waals surface area contributed by atoms with Crippen molar-refractivity contribution in [1.29, 1.82) is 0 Å². The Morgan fingerprint density at radius 1 is 1.33 bits per heavy atom. The molecule has 0 saturated carbocycles. The fourth-order valence-electron chi connectivity index (χ4n) is 1.10. The molecule has 0 atom stereocenters. The van der Waals surface area contributed by atoms with Crippen LogP contribution >= 0.6 is 27.3 Å². The molecule has 1 aromatic heterocycles. The molecule has 2 nitrogen and oxygen atoms in total. The monoisotopic (exact) mass is 243 g/mol. The van der Waals surface area contributed by atoms with Crippen LogP contribution in [0.25, 0.3) is 10.1 Å². The summed E-state index contributed by atoms with van der Waals surface area (Å²) in [4.78, 5) is 0. The second-order valence-electron chi connectivity index (χ2n) is 2.49. The zero-order valence-electron chi connectivity index (χ0n) is 6.04. The van der Waals surface area contributed by atoms with Gasteiger partial charge < -0.3 is 10.8 Å². The number of phenolic OH excluding ortho intramolecular Hbond substituents is 1. The molecule has 0 aliphatic heterocycles. The van der Waals surface area contributed by atoms with Crippen LogP contribution in [0.4, 0.5) is 5.00 Å². The fraction of sp³-hybridized carbons (Fsp3) is 0. The predicted octanol–water partition coefficient (Wildman–Crippen LogP) is 2.95. The average molecular weight is 244 g/mol. The first-order valence-corrected chi connectivity index (χ1v) is 4.95. The Kier molecular flexibility index (Phi) is 1.73. The molecule has 0 aliphatic carbocycles. The molecule has 1 heterocycles. The number of nitrogen functional groups attached to an aromatic ring is 1. The maximum absolute atomic E-state index is 9.26.